The zero-order valence-corrected chi connectivity index (χ0v) is 16.8. The van der Waals surface area contributed by atoms with Crippen LogP contribution in [0.3, 0.4) is 0 Å². The van der Waals surface area contributed by atoms with Gasteiger partial charge in [-0.05, 0) is 24.1 Å². The molecule has 8 heteroatoms. The van der Waals surface area contributed by atoms with Crippen LogP contribution in [0.15, 0.2) is 48.9 Å². The summed E-state index contributed by atoms with van der Waals surface area (Å²) in [6.45, 7) is 0.461. The van der Waals surface area contributed by atoms with Crippen molar-refractivity contribution in [2.75, 3.05) is 11.9 Å². The molecule has 7 nitrogen and oxygen atoms in total. The zero-order chi connectivity index (χ0) is 20.3. The molecule has 3 aromatic rings. The van der Waals surface area contributed by atoms with E-state index in [1.165, 1.54) is 0 Å². The van der Waals surface area contributed by atoms with Crippen LogP contribution in [0.5, 0.6) is 0 Å². The van der Waals surface area contributed by atoms with E-state index in [4.69, 9.17) is 11.6 Å². The molecule has 5 rings (SSSR count). The Bertz CT molecular complexity index is 1150. The monoisotopic (exact) mass is 409 g/mol. The first-order valence-corrected chi connectivity index (χ1v) is 9.82. The Morgan fingerprint density at radius 3 is 2.76 bits per heavy atom. The van der Waals surface area contributed by atoms with Gasteiger partial charge in [0.15, 0.2) is 0 Å². The highest BCUT2D eigenvalue weighted by Crippen LogP contribution is 2.54. The number of aromatic nitrogens is 3. The molecular weight excluding hydrogens is 390 g/mol. The van der Waals surface area contributed by atoms with Gasteiger partial charge in [-0.15, -0.1) is 0 Å². The van der Waals surface area contributed by atoms with Crippen LogP contribution < -0.4 is 5.32 Å². The van der Waals surface area contributed by atoms with Gasteiger partial charge in [-0.2, -0.15) is 5.10 Å². The van der Waals surface area contributed by atoms with Crippen LogP contribution in [0.2, 0.25) is 5.02 Å². The standard InChI is InChI=1S/C21H20ClN5O2/c1-25-12-14(22)9-17(25)19(28)27-8-7-21(18(27)13-10-23-26(2)11-13)15-5-3-4-6-16(15)24-20(21)29/h3-6,9-12,18H,7-8H2,1-2H3,(H,24,29)/t18-,21+/m0/s1. The summed E-state index contributed by atoms with van der Waals surface area (Å²) in [4.78, 5) is 28.6. The number of amides is 2. The Morgan fingerprint density at radius 1 is 1.28 bits per heavy atom. The average molecular weight is 410 g/mol. The third kappa shape index (κ3) is 2.47. The van der Waals surface area contributed by atoms with Crippen molar-refractivity contribution >= 4 is 29.1 Å². The lowest BCUT2D eigenvalue weighted by Gasteiger charge is -2.33. The molecule has 1 saturated heterocycles. The number of carbonyl (C=O) groups is 2. The van der Waals surface area contributed by atoms with E-state index in [0.717, 1.165) is 16.8 Å². The number of aryl methyl sites for hydroxylation is 2. The van der Waals surface area contributed by atoms with Crippen molar-refractivity contribution < 1.29 is 9.59 Å². The third-order valence-corrected chi connectivity index (χ3v) is 6.29. The van der Waals surface area contributed by atoms with E-state index in [0.29, 0.717) is 23.7 Å². The lowest BCUT2D eigenvalue weighted by molar-refractivity contribution is -0.121. The SMILES string of the molecule is Cn1cc([C@@H]2N(C(=O)c3cc(Cl)cn3C)CC[C@]23C(=O)Nc2ccccc23)cn1. The minimum atomic E-state index is -0.843. The molecule has 1 spiro atoms. The van der Waals surface area contributed by atoms with Gasteiger partial charge in [0.05, 0.1) is 17.3 Å². The van der Waals surface area contributed by atoms with Crippen LogP contribution in [-0.2, 0) is 24.3 Å². The van der Waals surface area contributed by atoms with E-state index < -0.39 is 11.5 Å². The number of anilines is 1. The molecule has 148 valence electrons. The number of fused-ring (bicyclic) bond motifs is 2. The van der Waals surface area contributed by atoms with Crippen LogP contribution in [0.25, 0.3) is 0 Å². The van der Waals surface area contributed by atoms with Crippen molar-refractivity contribution in [3.63, 3.8) is 0 Å². The molecule has 0 saturated carbocycles. The average Bonchev–Trinajstić information content (AvgIpc) is 3.43. The predicted octanol–water partition coefficient (Wildman–Crippen LogP) is 2.89. The summed E-state index contributed by atoms with van der Waals surface area (Å²) in [5.41, 5.74) is 2.23. The van der Waals surface area contributed by atoms with Gasteiger partial charge >= 0.3 is 0 Å². The summed E-state index contributed by atoms with van der Waals surface area (Å²) in [6, 6.07) is 8.93. The number of nitrogens with one attached hydrogen (secondary N) is 1. The first-order valence-electron chi connectivity index (χ1n) is 9.44. The Kier molecular flexibility index (Phi) is 3.86. The second-order valence-electron chi connectivity index (χ2n) is 7.72. The Labute approximate surface area is 172 Å². The van der Waals surface area contributed by atoms with Crippen molar-refractivity contribution in [2.45, 2.75) is 17.9 Å². The van der Waals surface area contributed by atoms with Crippen LogP contribution in [0.4, 0.5) is 5.69 Å². The summed E-state index contributed by atoms with van der Waals surface area (Å²) in [7, 11) is 3.62. The van der Waals surface area contributed by atoms with Gasteiger partial charge < -0.3 is 14.8 Å². The quantitative estimate of drug-likeness (QED) is 0.707. The largest absolute Gasteiger partial charge is 0.345 e. The third-order valence-electron chi connectivity index (χ3n) is 6.08. The molecule has 0 bridgehead atoms. The number of hydrogen-bond acceptors (Lipinski definition) is 3. The van der Waals surface area contributed by atoms with E-state index in [2.05, 4.69) is 10.4 Å². The summed E-state index contributed by atoms with van der Waals surface area (Å²) in [6.07, 6.45) is 5.87. The highest BCUT2D eigenvalue weighted by molar-refractivity contribution is 6.31. The molecule has 2 atom stereocenters. The number of hydrogen-bond donors (Lipinski definition) is 1. The lowest BCUT2D eigenvalue weighted by Crippen LogP contribution is -2.42. The van der Waals surface area contributed by atoms with Crippen molar-refractivity contribution in [1.29, 1.82) is 0 Å². The Morgan fingerprint density at radius 2 is 2.07 bits per heavy atom. The Balaban J connectivity index is 1.67. The van der Waals surface area contributed by atoms with Gasteiger partial charge in [0.1, 0.15) is 11.1 Å². The van der Waals surface area contributed by atoms with Gasteiger partial charge in [-0.1, -0.05) is 29.8 Å². The van der Waals surface area contributed by atoms with Crippen molar-refractivity contribution in [1.82, 2.24) is 19.2 Å². The lowest BCUT2D eigenvalue weighted by atomic mass is 9.73. The first kappa shape index (κ1) is 18.0. The number of nitrogens with zero attached hydrogens (tertiary/aromatic N) is 4. The fraction of sp³-hybridized carbons (Fsp3) is 0.286. The van der Waals surface area contributed by atoms with Gasteiger partial charge in [0, 0.05) is 44.3 Å². The maximum Gasteiger partial charge on any atom is 0.271 e. The minimum absolute atomic E-state index is 0.0761. The van der Waals surface area contributed by atoms with Crippen LogP contribution >= 0.6 is 11.6 Å². The molecule has 2 aliphatic rings. The molecule has 2 aromatic heterocycles. The van der Waals surface area contributed by atoms with Crippen molar-refractivity contribution in [3.8, 4) is 0 Å². The van der Waals surface area contributed by atoms with Crippen molar-refractivity contribution in [2.24, 2.45) is 14.1 Å². The van der Waals surface area contributed by atoms with Crippen LogP contribution in [0.1, 0.15) is 34.1 Å². The van der Waals surface area contributed by atoms with Crippen LogP contribution in [-0.4, -0.2) is 37.6 Å². The second-order valence-corrected chi connectivity index (χ2v) is 8.16. The minimum Gasteiger partial charge on any atom is -0.345 e. The normalized spacial score (nSPS) is 22.9. The molecule has 0 unspecified atom stereocenters. The Hall–Kier alpha value is -3.06. The highest BCUT2D eigenvalue weighted by Gasteiger charge is 2.59. The summed E-state index contributed by atoms with van der Waals surface area (Å²) >= 11 is 6.11. The second kappa shape index (κ2) is 6.22. The fourth-order valence-corrected chi connectivity index (χ4v) is 5.08. The van der Waals surface area contributed by atoms with Crippen molar-refractivity contribution in [3.05, 3.63) is 70.8 Å². The smallest absolute Gasteiger partial charge is 0.271 e. The van der Waals surface area contributed by atoms with E-state index in [9.17, 15) is 9.59 Å². The van der Waals surface area contributed by atoms with Gasteiger partial charge in [-0.3, -0.25) is 14.3 Å². The summed E-state index contributed by atoms with van der Waals surface area (Å²) in [5.74, 6) is -0.227. The molecule has 2 aliphatic heterocycles. The number of halogens is 1. The molecule has 0 radical (unpaired) electrons. The molecular formula is C21H20ClN5O2. The summed E-state index contributed by atoms with van der Waals surface area (Å²) in [5, 5.41) is 7.83. The van der Waals surface area contributed by atoms with E-state index in [1.54, 1.807) is 39.7 Å². The molecule has 1 fully saturated rings. The fourth-order valence-electron chi connectivity index (χ4n) is 4.83. The maximum absolute atomic E-state index is 13.5. The number of carbonyl (C=O) groups excluding carboxylic acids is 2. The van der Waals surface area contributed by atoms with E-state index in [1.807, 2.05) is 37.5 Å². The number of rotatable bonds is 2. The van der Waals surface area contributed by atoms with Gasteiger partial charge in [0.2, 0.25) is 5.91 Å². The van der Waals surface area contributed by atoms with Gasteiger partial charge in [0.25, 0.3) is 5.91 Å². The molecule has 0 aliphatic carbocycles. The topological polar surface area (TPSA) is 72.2 Å². The van der Waals surface area contributed by atoms with E-state index in [-0.39, 0.29) is 11.8 Å². The molecule has 29 heavy (non-hydrogen) atoms. The maximum atomic E-state index is 13.5. The van der Waals surface area contributed by atoms with Crippen LogP contribution in [0, 0.1) is 0 Å². The molecule has 4 heterocycles. The predicted molar refractivity (Wildman–Crippen MR) is 109 cm³/mol. The zero-order valence-electron chi connectivity index (χ0n) is 16.1. The molecule has 2 amide bonds. The van der Waals surface area contributed by atoms with E-state index >= 15 is 0 Å². The number of benzene rings is 1. The summed E-state index contributed by atoms with van der Waals surface area (Å²) < 4.78 is 3.42. The number of para-hydroxylation sites is 1. The number of likely N-dealkylation sites (tertiary alicyclic amines) is 1. The highest BCUT2D eigenvalue weighted by atomic mass is 35.5. The molecule has 1 aromatic carbocycles. The first-order chi connectivity index (χ1) is 13.9. The van der Waals surface area contributed by atoms with Gasteiger partial charge in [-0.25, -0.2) is 0 Å². The molecule has 1 N–H and O–H groups in total.